The monoisotopic (exact) mass is 389 g/mol. The number of ether oxygens (including phenoxy) is 1. The molecule has 0 amide bonds. The van der Waals surface area contributed by atoms with E-state index in [2.05, 4.69) is 0 Å². The second-order valence-electron chi connectivity index (χ2n) is 7.46. The van der Waals surface area contributed by atoms with Gasteiger partial charge in [-0.1, -0.05) is 35.9 Å². The van der Waals surface area contributed by atoms with Crippen LogP contribution < -0.4 is 10.5 Å². The van der Waals surface area contributed by atoms with Crippen LogP contribution in [0.15, 0.2) is 48.5 Å². The fraction of sp³-hybridized carbons (Fsp3) is 0.333. The summed E-state index contributed by atoms with van der Waals surface area (Å²) in [5.41, 5.74) is 5.53. The second-order valence-corrected chi connectivity index (χ2v) is 7.90. The number of hydrogen-bond donors (Lipinski definition) is 2. The Morgan fingerprint density at radius 1 is 1.00 bits per heavy atom. The highest BCUT2D eigenvalue weighted by Crippen LogP contribution is 2.31. The zero-order valence-corrected chi connectivity index (χ0v) is 16.6. The number of Topliss-reactive ketones (excluding diaryl/α,β-unsaturated/α-hetero) is 1. The normalized spacial score (nSPS) is 13.1. The van der Waals surface area contributed by atoms with Crippen molar-refractivity contribution in [2.45, 2.75) is 44.8 Å². The molecule has 1 unspecified atom stereocenters. The maximum Gasteiger partial charge on any atom is 0.347 e. The van der Waals surface area contributed by atoms with Gasteiger partial charge < -0.3 is 15.6 Å². The highest BCUT2D eigenvalue weighted by Gasteiger charge is 2.34. The summed E-state index contributed by atoms with van der Waals surface area (Å²) in [6.45, 7) is 6.58. The zero-order chi connectivity index (χ0) is 20.4. The summed E-state index contributed by atoms with van der Waals surface area (Å²) < 4.78 is 5.47. The Bertz CT molecular complexity index is 826. The molecule has 2 aromatic rings. The zero-order valence-electron chi connectivity index (χ0n) is 15.8. The van der Waals surface area contributed by atoms with Crippen molar-refractivity contribution in [2.24, 2.45) is 5.73 Å². The van der Waals surface area contributed by atoms with E-state index in [0.29, 0.717) is 16.3 Å². The molecular formula is C21H24ClNO4. The quantitative estimate of drug-likeness (QED) is 0.743. The Hall–Kier alpha value is -2.37. The van der Waals surface area contributed by atoms with Crippen molar-refractivity contribution in [3.8, 4) is 5.75 Å². The predicted molar refractivity (Wildman–Crippen MR) is 105 cm³/mol. The fourth-order valence-electron chi connectivity index (χ4n) is 2.63. The van der Waals surface area contributed by atoms with Crippen LogP contribution in [0.4, 0.5) is 0 Å². The lowest BCUT2D eigenvalue weighted by atomic mass is 9.77. The number of halogens is 1. The number of carbonyl (C=O) groups excluding carboxylic acids is 1. The average molecular weight is 390 g/mol. The number of hydrogen-bond acceptors (Lipinski definition) is 4. The number of ketones is 1. The standard InChI is InChI=1S/C21H24ClNO4/c1-20(2,14-7-9-15(22)10-8-14)18(24)17(23)13-5-11-16(12-6-13)27-21(3,4)19(25)26/h5-12,17H,23H2,1-4H3,(H,25,26). The molecule has 2 aromatic carbocycles. The Kier molecular flexibility index (Phi) is 5.97. The third-order valence-corrected chi connectivity index (χ3v) is 4.84. The van der Waals surface area contributed by atoms with E-state index in [-0.39, 0.29) is 5.78 Å². The van der Waals surface area contributed by atoms with Crippen molar-refractivity contribution in [1.29, 1.82) is 0 Å². The number of benzene rings is 2. The molecule has 0 radical (unpaired) electrons. The SMILES string of the molecule is CC(C)(Oc1ccc(C(N)C(=O)C(C)(C)c2ccc(Cl)cc2)cc1)C(=O)O. The van der Waals surface area contributed by atoms with Gasteiger partial charge in [0.1, 0.15) is 5.75 Å². The van der Waals surface area contributed by atoms with Crippen molar-refractivity contribution in [3.63, 3.8) is 0 Å². The number of aliphatic carboxylic acids is 1. The number of carboxylic acid groups (broad SMARTS) is 1. The predicted octanol–water partition coefficient (Wildman–Crippen LogP) is 4.13. The molecule has 0 saturated heterocycles. The van der Waals surface area contributed by atoms with E-state index in [1.54, 1.807) is 36.4 Å². The van der Waals surface area contributed by atoms with Crippen LogP contribution >= 0.6 is 11.6 Å². The maximum atomic E-state index is 13.0. The van der Waals surface area contributed by atoms with Gasteiger partial charge in [-0.25, -0.2) is 4.79 Å². The van der Waals surface area contributed by atoms with Crippen LogP contribution in [0.2, 0.25) is 5.02 Å². The highest BCUT2D eigenvalue weighted by molar-refractivity contribution is 6.30. The third-order valence-electron chi connectivity index (χ3n) is 4.59. The first-order valence-electron chi connectivity index (χ1n) is 8.53. The van der Waals surface area contributed by atoms with Gasteiger partial charge in [-0.15, -0.1) is 0 Å². The van der Waals surface area contributed by atoms with Crippen LogP contribution in [0.5, 0.6) is 5.75 Å². The molecule has 144 valence electrons. The van der Waals surface area contributed by atoms with E-state index in [1.807, 2.05) is 26.0 Å². The van der Waals surface area contributed by atoms with Crippen molar-refractivity contribution in [1.82, 2.24) is 0 Å². The minimum absolute atomic E-state index is 0.135. The number of rotatable bonds is 7. The lowest BCUT2D eigenvalue weighted by Gasteiger charge is -2.27. The summed E-state index contributed by atoms with van der Waals surface area (Å²) in [7, 11) is 0. The van der Waals surface area contributed by atoms with Crippen LogP contribution in [-0.2, 0) is 15.0 Å². The lowest BCUT2D eigenvalue weighted by molar-refractivity contribution is -0.152. The summed E-state index contributed by atoms with van der Waals surface area (Å²) in [4.78, 5) is 24.1. The van der Waals surface area contributed by atoms with Crippen molar-refractivity contribution >= 4 is 23.4 Å². The van der Waals surface area contributed by atoms with E-state index in [4.69, 9.17) is 27.2 Å². The molecule has 0 heterocycles. The lowest BCUT2D eigenvalue weighted by Crippen LogP contribution is -2.38. The van der Waals surface area contributed by atoms with Crippen LogP contribution in [0.25, 0.3) is 0 Å². The summed E-state index contributed by atoms with van der Waals surface area (Å²) in [5.74, 6) is -0.810. The van der Waals surface area contributed by atoms with Gasteiger partial charge in [-0.05, 0) is 63.1 Å². The second kappa shape index (κ2) is 7.71. The molecule has 6 heteroatoms. The van der Waals surface area contributed by atoms with Crippen molar-refractivity contribution in [2.75, 3.05) is 0 Å². The Morgan fingerprint density at radius 3 is 2.00 bits per heavy atom. The molecule has 27 heavy (non-hydrogen) atoms. The van der Waals surface area contributed by atoms with Gasteiger partial charge in [0.05, 0.1) is 11.5 Å². The van der Waals surface area contributed by atoms with Gasteiger partial charge in [-0.2, -0.15) is 0 Å². The minimum atomic E-state index is -1.35. The molecule has 0 bridgehead atoms. The molecular weight excluding hydrogens is 366 g/mol. The molecule has 0 saturated carbocycles. The molecule has 0 aliphatic carbocycles. The Balaban J connectivity index is 2.19. The van der Waals surface area contributed by atoms with Gasteiger partial charge in [0.25, 0.3) is 0 Å². The maximum absolute atomic E-state index is 13.0. The topological polar surface area (TPSA) is 89.6 Å². The fourth-order valence-corrected chi connectivity index (χ4v) is 2.76. The largest absolute Gasteiger partial charge is 0.478 e. The molecule has 0 aliphatic rings. The molecule has 2 rings (SSSR count). The Morgan fingerprint density at radius 2 is 1.52 bits per heavy atom. The van der Waals surface area contributed by atoms with Gasteiger partial charge in [0, 0.05) is 5.02 Å². The first-order chi connectivity index (χ1) is 12.4. The van der Waals surface area contributed by atoms with Crippen molar-refractivity contribution < 1.29 is 19.4 Å². The molecule has 0 aliphatic heterocycles. The minimum Gasteiger partial charge on any atom is -0.478 e. The van der Waals surface area contributed by atoms with E-state index in [1.165, 1.54) is 13.8 Å². The van der Waals surface area contributed by atoms with Crippen molar-refractivity contribution in [3.05, 3.63) is 64.7 Å². The number of nitrogens with two attached hydrogens (primary N) is 1. The van der Waals surface area contributed by atoms with Crippen LogP contribution in [-0.4, -0.2) is 22.5 Å². The van der Waals surface area contributed by atoms with E-state index >= 15 is 0 Å². The van der Waals surface area contributed by atoms with Crippen LogP contribution in [0.1, 0.15) is 44.9 Å². The third kappa shape index (κ3) is 4.67. The summed E-state index contributed by atoms with van der Waals surface area (Å²) >= 11 is 5.92. The summed E-state index contributed by atoms with van der Waals surface area (Å²) in [5, 5.41) is 9.74. The van der Waals surface area contributed by atoms with Crippen LogP contribution in [0, 0.1) is 0 Å². The van der Waals surface area contributed by atoms with Gasteiger partial charge in [0.15, 0.2) is 11.4 Å². The summed E-state index contributed by atoms with van der Waals surface area (Å²) in [6.07, 6.45) is 0. The average Bonchev–Trinajstić information content (AvgIpc) is 2.61. The number of carbonyl (C=O) groups is 2. The molecule has 1 atom stereocenters. The molecule has 3 N–H and O–H groups in total. The van der Waals surface area contributed by atoms with E-state index < -0.39 is 23.0 Å². The van der Waals surface area contributed by atoms with Gasteiger partial charge in [-0.3, -0.25) is 4.79 Å². The molecule has 0 aromatic heterocycles. The highest BCUT2D eigenvalue weighted by atomic mass is 35.5. The van der Waals surface area contributed by atoms with E-state index in [0.717, 1.165) is 5.56 Å². The molecule has 0 spiro atoms. The molecule has 0 fully saturated rings. The first-order valence-corrected chi connectivity index (χ1v) is 8.91. The smallest absolute Gasteiger partial charge is 0.347 e. The van der Waals surface area contributed by atoms with Gasteiger partial charge in [0.2, 0.25) is 0 Å². The number of carboxylic acids is 1. The van der Waals surface area contributed by atoms with Crippen LogP contribution in [0.3, 0.4) is 0 Å². The molecule has 5 nitrogen and oxygen atoms in total. The Labute approximate surface area is 164 Å². The summed E-state index contributed by atoms with van der Waals surface area (Å²) in [6, 6.07) is 12.9. The van der Waals surface area contributed by atoms with E-state index in [9.17, 15) is 9.59 Å². The van der Waals surface area contributed by atoms with Gasteiger partial charge >= 0.3 is 5.97 Å². The first kappa shape index (κ1) is 20.9.